The molecule has 72 heavy (non-hydrogen) atoms. The minimum atomic E-state index is -0.780. The van der Waals surface area contributed by atoms with Crippen molar-refractivity contribution < 1.29 is 28.6 Å². The normalized spacial score (nSPS) is 12.3. The van der Waals surface area contributed by atoms with Gasteiger partial charge < -0.3 is 14.2 Å². The van der Waals surface area contributed by atoms with Gasteiger partial charge in [-0.1, -0.05) is 281 Å². The third-order valence-electron chi connectivity index (χ3n) is 14.1. The summed E-state index contributed by atoms with van der Waals surface area (Å²) in [6.45, 7) is 6.64. The van der Waals surface area contributed by atoms with E-state index >= 15 is 0 Å². The van der Waals surface area contributed by atoms with E-state index in [1.165, 1.54) is 212 Å². The molecule has 6 nitrogen and oxygen atoms in total. The number of allylic oxidation sites excluding steroid dienone is 8. The Labute approximate surface area is 448 Å². The number of ether oxygens (including phenoxy) is 3. The van der Waals surface area contributed by atoms with Crippen LogP contribution < -0.4 is 0 Å². The van der Waals surface area contributed by atoms with E-state index in [-0.39, 0.29) is 31.1 Å². The van der Waals surface area contributed by atoms with Crippen molar-refractivity contribution in [3.05, 3.63) is 48.6 Å². The van der Waals surface area contributed by atoms with E-state index in [0.717, 1.165) is 83.5 Å². The van der Waals surface area contributed by atoms with Gasteiger partial charge in [0, 0.05) is 19.3 Å². The van der Waals surface area contributed by atoms with Crippen LogP contribution in [0.4, 0.5) is 0 Å². The Bertz CT molecular complexity index is 1250. The van der Waals surface area contributed by atoms with Gasteiger partial charge in [-0.05, 0) is 83.5 Å². The molecule has 0 saturated heterocycles. The van der Waals surface area contributed by atoms with Crippen LogP contribution in [0.15, 0.2) is 48.6 Å². The highest BCUT2D eigenvalue weighted by atomic mass is 16.6. The third kappa shape index (κ3) is 58.3. The van der Waals surface area contributed by atoms with Crippen molar-refractivity contribution in [2.75, 3.05) is 13.2 Å². The highest BCUT2D eigenvalue weighted by Gasteiger charge is 2.19. The van der Waals surface area contributed by atoms with E-state index in [1.54, 1.807) is 0 Å². The lowest BCUT2D eigenvalue weighted by molar-refractivity contribution is -0.167. The zero-order valence-electron chi connectivity index (χ0n) is 48.2. The van der Waals surface area contributed by atoms with Crippen molar-refractivity contribution in [1.82, 2.24) is 0 Å². The summed E-state index contributed by atoms with van der Waals surface area (Å²) in [5, 5.41) is 0. The molecule has 0 aliphatic carbocycles. The van der Waals surface area contributed by atoms with Gasteiger partial charge >= 0.3 is 17.9 Å². The lowest BCUT2D eigenvalue weighted by atomic mass is 10.0. The van der Waals surface area contributed by atoms with Gasteiger partial charge in [0.05, 0.1) is 0 Å². The van der Waals surface area contributed by atoms with E-state index in [1.807, 2.05) is 0 Å². The minimum Gasteiger partial charge on any atom is -0.462 e. The van der Waals surface area contributed by atoms with Gasteiger partial charge in [-0.2, -0.15) is 0 Å². The summed E-state index contributed by atoms with van der Waals surface area (Å²) in [7, 11) is 0. The number of hydrogen-bond donors (Lipinski definition) is 0. The molecular weight excluding hydrogens is 889 g/mol. The van der Waals surface area contributed by atoms with Crippen LogP contribution in [-0.4, -0.2) is 37.2 Å². The molecule has 1 unspecified atom stereocenters. The molecule has 420 valence electrons. The smallest absolute Gasteiger partial charge is 0.306 e. The average molecular weight is 1010 g/mol. The lowest BCUT2D eigenvalue weighted by Crippen LogP contribution is -2.30. The summed E-state index contributed by atoms with van der Waals surface area (Å²) in [4.78, 5) is 38.2. The van der Waals surface area contributed by atoms with Gasteiger partial charge in [-0.3, -0.25) is 14.4 Å². The van der Waals surface area contributed by atoms with Crippen LogP contribution in [0.2, 0.25) is 0 Å². The fourth-order valence-corrected chi connectivity index (χ4v) is 9.27. The molecule has 0 heterocycles. The van der Waals surface area contributed by atoms with Crippen LogP contribution in [0.1, 0.15) is 335 Å². The molecule has 0 aromatic rings. The molecule has 0 saturated carbocycles. The number of hydrogen-bond acceptors (Lipinski definition) is 6. The van der Waals surface area contributed by atoms with E-state index in [4.69, 9.17) is 14.2 Å². The first-order chi connectivity index (χ1) is 35.5. The summed E-state index contributed by atoms with van der Waals surface area (Å²) in [5.41, 5.74) is 0. The van der Waals surface area contributed by atoms with Gasteiger partial charge in [0.2, 0.25) is 0 Å². The van der Waals surface area contributed by atoms with Gasteiger partial charge in [0.1, 0.15) is 13.2 Å². The molecular formula is C66H120O6. The molecule has 0 N–H and O–H groups in total. The monoisotopic (exact) mass is 1010 g/mol. The van der Waals surface area contributed by atoms with Crippen molar-refractivity contribution >= 4 is 17.9 Å². The highest BCUT2D eigenvalue weighted by Crippen LogP contribution is 2.17. The SMILES string of the molecule is CCCCC/C=C\CCCCCCCC(=O)OCC(COC(=O)CCCCCCCC/C=C\C/C=C\C/C=C\CCCCCCC)OC(=O)CCCCCCCCCCCCCCCCCCCCCCC. The van der Waals surface area contributed by atoms with Crippen LogP contribution in [0, 0.1) is 0 Å². The number of esters is 3. The average Bonchev–Trinajstić information content (AvgIpc) is 3.38. The van der Waals surface area contributed by atoms with Crippen LogP contribution >= 0.6 is 0 Å². The van der Waals surface area contributed by atoms with Crippen molar-refractivity contribution in [2.45, 2.75) is 341 Å². The number of unbranched alkanes of at least 4 members (excludes halogenated alkanes) is 39. The topological polar surface area (TPSA) is 78.9 Å². The zero-order chi connectivity index (χ0) is 52.2. The molecule has 0 aromatic heterocycles. The van der Waals surface area contributed by atoms with Crippen LogP contribution in [0.5, 0.6) is 0 Å². The van der Waals surface area contributed by atoms with E-state index in [9.17, 15) is 14.4 Å². The van der Waals surface area contributed by atoms with Crippen molar-refractivity contribution in [1.29, 1.82) is 0 Å². The maximum atomic E-state index is 12.9. The number of rotatable bonds is 58. The van der Waals surface area contributed by atoms with E-state index in [2.05, 4.69) is 69.4 Å². The van der Waals surface area contributed by atoms with Crippen LogP contribution in [0.3, 0.4) is 0 Å². The molecule has 0 aromatic carbocycles. The summed E-state index contributed by atoms with van der Waals surface area (Å²) in [6, 6.07) is 0. The molecule has 0 amide bonds. The van der Waals surface area contributed by atoms with Crippen LogP contribution in [0.25, 0.3) is 0 Å². The van der Waals surface area contributed by atoms with Gasteiger partial charge in [0.25, 0.3) is 0 Å². The number of carbonyl (C=O) groups is 3. The first-order valence-electron chi connectivity index (χ1n) is 31.6. The highest BCUT2D eigenvalue weighted by molar-refractivity contribution is 5.71. The van der Waals surface area contributed by atoms with E-state index < -0.39 is 6.10 Å². The fraction of sp³-hybridized carbons (Fsp3) is 0.833. The third-order valence-corrected chi connectivity index (χ3v) is 14.1. The molecule has 0 rings (SSSR count). The first-order valence-corrected chi connectivity index (χ1v) is 31.6. The van der Waals surface area contributed by atoms with Crippen LogP contribution in [-0.2, 0) is 28.6 Å². The van der Waals surface area contributed by atoms with E-state index in [0.29, 0.717) is 19.3 Å². The van der Waals surface area contributed by atoms with Crippen molar-refractivity contribution in [3.63, 3.8) is 0 Å². The van der Waals surface area contributed by atoms with Gasteiger partial charge in [0.15, 0.2) is 6.10 Å². The second-order valence-corrected chi connectivity index (χ2v) is 21.3. The van der Waals surface area contributed by atoms with Crippen molar-refractivity contribution in [3.8, 4) is 0 Å². The first kappa shape index (κ1) is 69.4. The Balaban J connectivity index is 4.31. The van der Waals surface area contributed by atoms with Gasteiger partial charge in [-0.15, -0.1) is 0 Å². The molecule has 0 spiro atoms. The summed E-state index contributed by atoms with van der Waals surface area (Å²) in [5.74, 6) is -0.880. The molecule has 0 aliphatic heterocycles. The second-order valence-electron chi connectivity index (χ2n) is 21.3. The maximum Gasteiger partial charge on any atom is 0.306 e. The quantitative estimate of drug-likeness (QED) is 0.0261. The number of carbonyl (C=O) groups excluding carboxylic acids is 3. The predicted molar refractivity (Wildman–Crippen MR) is 312 cm³/mol. The summed E-state index contributed by atoms with van der Waals surface area (Å²) in [6.07, 6.45) is 75.4. The maximum absolute atomic E-state index is 12.9. The standard InChI is InChI=1S/C66H120O6/c1-4-7-10-13-16-19-22-25-27-29-31-33-35-37-39-41-44-47-50-53-56-59-65(68)71-62-63(61-70-64(67)58-55-52-49-46-43-24-21-18-15-12-9-6-3)72-66(69)60-57-54-51-48-45-42-40-38-36-34-32-30-28-26-23-20-17-14-11-8-5-2/h18,21-22,25,29,31,35,37,63H,4-17,19-20,23-24,26-28,30,32-34,36,38-62H2,1-3H3/b21-18-,25-22-,31-29-,37-35-. The predicted octanol–water partition coefficient (Wildman–Crippen LogP) is 21.4. The largest absolute Gasteiger partial charge is 0.462 e. The molecule has 0 bridgehead atoms. The molecule has 0 fully saturated rings. The fourth-order valence-electron chi connectivity index (χ4n) is 9.27. The zero-order valence-corrected chi connectivity index (χ0v) is 48.2. The van der Waals surface area contributed by atoms with Gasteiger partial charge in [-0.25, -0.2) is 0 Å². The Hall–Kier alpha value is -2.63. The Morgan fingerprint density at radius 3 is 0.819 bits per heavy atom. The van der Waals surface area contributed by atoms with Crippen molar-refractivity contribution in [2.24, 2.45) is 0 Å². The Kier molecular flexibility index (Phi) is 58.7. The molecule has 1 atom stereocenters. The molecule has 0 aliphatic rings. The summed E-state index contributed by atoms with van der Waals surface area (Å²) >= 11 is 0. The molecule has 0 radical (unpaired) electrons. The second kappa shape index (κ2) is 60.9. The molecule has 6 heteroatoms. The Morgan fingerprint density at radius 1 is 0.278 bits per heavy atom. The Morgan fingerprint density at radius 2 is 0.500 bits per heavy atom. The minimum absolute atomic E-state index is 0.0788. The summed E-state index contributed by atoms with van der Waals surface area (Å²) < 4.78 is 16.9. The lowest BCUT2D eigenvalue weighted by Gasteiger charge is -2.18.